The van der Waals surface area contributed by atoms with Crippen molar-refractivity contribution in [3.8, 4) is 5.75 Å². The van der Waals surface area contributed by atoms with Gasteiger partial charge in [-0.1, -0.05) is 11.6 Å². The summed E-state index contributed by atoms with van der Waals surface area (Å²) in [5, 5.41) is 4.44. The molecular weight excluding hydrogens is 315 g/mol. The van der Waals surface area contributed by atoms with Crippen molar-refractivity contribution in [1.29, 1.82) is 0 Å². The molecule has 0 spiro atoms. The lowest BCUT2D eigenvalue weighted by Gasteiger charge is -2.17. The fraction of sp³-hybridized carbons (Fsp3) is 0.500. The van der Waals surface area contributed by atoms with Gasteiger partial charge in [-0.2, -0.15) is 0 Å². The molecule has 122 valence electrons. The van der Waals surface area contributed by atoms with Crippen molar-refractivity contribution in [2.75, 3.05) is 13.1 Å². The molecule has 0 unspecified atom stereocenters. The van der Waals surface area contributed by atoms with Crippen molar-refractivity contribution in [3.63, 3.8) is 0 Å². The lowest BCUT2D eigenvalue weighted by atomic mass is 10.0. The van der Waals surface area contributed by atoms with E-state index >= 15 is 0 Å². The van der Waals surface area contributed by atoms with Crippen LogP contribution in [-0.4, -0.2) is 24.2 Å². The van der Waals surface area contributed by atoms with E-state index < -0.39 is 0 Å². The van der Waals surface area contributed by atoms with E-state index in [1.165, 1.54) is 11.6 Å². The van der Waals surface area contributed by atoms with E-state index in [4.69, 9.17) is 21.3 Å². The van der Waals surface area contributed by atoms with E-state index in [1.807, 2.05) is 6.07 Å². The number of hydrogen-bond donors (Lipinski definition) is 1. The van der Waals surface area contributed by atoms with Crippen LogP contribution in [0, 0.1) is 5.82 Å². The zero-order valence-corrected chi connectivity index (χ0v) is 13.8. The molecule has 2 heterocycles. The summed E-state index contributed by atoms with van der Waals surface area (Å²) in [5.41, 5.74) is 2.88. The normalized spacial score (nSPS) is 18.9. The van der Waals surface area contributed by atoms with Crippen LogP contribution in [0.25, 0.3) is 10.9 Å². The van der Waals surface area contributed by atoms with E-state index in [2.05, 4.69) is 5.32 Å². The number of ether oxygens (including phenoxy) is 1. The van der Waals surface area contributed by atoms with Gasteiger partial charge in [0.15, 0.2) is 11.6 Å². The Morgan fingerprint density at radius 2 is 1.96 bits per heavy atom. The van der Waals surface area contributed by atoms with E-state index in [1.54, 1.807) is 0 Å². The topological polar surface area (TPSA) is 34.1 Å². The number of hydrogen-bond acceptors (Lipinski definition) is 3. The molecule has 3 nitrogen and oxygen atoms in total. The molecule has 23 heavy (non-hydrogen) atoms. The molecule has 1 saturated carbocycles. The number of pyridine rings is 1. The zero-order valence-electron chi connectivity index (χ0n) is 13.0. The summed E-state index contributed by atoms with van der Waals surface area (Å²) in [6.07, 6.45) is 6.16. The maximum atomic E-state index is 14.5. The Labute approximate surface area is 140 Å². The van der Waals surface area contributed by atoms with Crippen molar-refractivity contribution in [1.82, 2.24) is 10.3 Å². The molecule has 1 aromatic carbocycles. The summed E-state index contributed by atoms with van der Waals surface area (Å²) in [5.74, 6) is -0.0632. The molecule has 1 aliphatic heterocycles. The van der Waals surface area contributed by atoms with Crippen LogP contribution >= 0.6 is 11.6 Å². The van der Waals surface area contributed by atoms with E-state index in [-0.39, 0.29) is 11.9 Å². The SMILES string of the molecule is Fc1cc(Cl)c2nc3c(cc2c1OC1CCCC1)CCNCC3. The van der Waals surface area contributed by atoms with Crippen LogP contribution in [0.2, 0.25) is 5.02 Å². The van der Waals surface area contributed by atoms with E-state index in [9.17, 15) is 4.39 Å². The summed E-state index contributed by atoms with van der Waals surface area (Å²) >= 11 is 6.26. The van der Waals surface area contributed by atoms with Gasteiger partial charge in [-0.15, -0.1) is 0 Å². The minimum absolute atomic E-state index is 0.106. The van der Waals surface area contributed by atoms with Gasteiger partial charge in [0, 0.05) is 24.0 Å². The molecule has 1 N–H and O–H groups in total. The molecule has 5 heteroatoms. The Morgan fingerprint density at radius 3 is 2.78 bits per heavy atom. The highest BCUT2D eigenvalue weighted by Gasteiger charge is 2.22. The summed E-state index contributed by atoms with van der Waals surface area (Å²) in [6, 6.07) is 3.37. The van der Waals surface area contributed by atoms with Gasteiger partial charge in [0.05, 0.1) is 16.6 Å². The van der Waals surface area contributed by atoms with Crippen LogP contribution in [0.5, 0.6) is 5.75 Å². The van der Waals surface area contributed by atoms with Crippen LogP contribution in [0.1, 0.15) is 36.9 Å². The van der Waals surface area contributed by atoms with Crippen molar-refractivity contribution >= 4 is 22.5 Å². The lowest BCUT2D eigenvalue weighted by molar-refractivity contribution is 0.203. The third-order valence-corrected chi connectivity index (χ3v) is 5.12. The first kappa shape index (κ1) is 15.2. The summed E-state index contributed by atoms with van der Waals surface area (Å²) in [4.78, 5) is 4.73. The largest absolute Gasteiger partial charge is 0.487 e. The summed E-state index contributed by atoms with van der Waals surface area (Å²) < 4.78 is 20.5. The average Bonchev–Trinajstić information content (AvgIpc) is 2.94. The molecule has 2 aromatic rings. The fourth-order valence-electron chi connectivity index (χ4n) is 3.60. The molecule has 0 atom stereocenters. The standard InChI is InChI=1S/C18H20ClFN2O/c19-14-10-15(20)18(23-12-3-1-2-4-12)13-9-11-5-7-21-8-6-16(11)22-17(13)14/h9-10,12,21H,1-8H2. The fourth-order valence-corrected chi connectivity index (χ4v) is 3.84. The quantitative estimate of drug-likeness (QED) is 0.900. The third kappa shape index (κ3) is 2.90. The molecule has 0 saturated heterocycles. The highest BCUT2D eigenvalue weighted by Crippen LogP contribution is 2.37. The first-order chi connectivity index (χ1) is 11.2. The Hall–Kier alpha value is -1.39. The number of halogens is 2. The number of fused-ring (bicyclic) bond motifs is 2. The minimum atomic E-state index is -0.386. The van der Waals surface area contributed by atoms with Crippen LogP contribution < -0.4 is 10.1 Å². The molecule has 0 radical (unpaired) electrons. The number of nitrogens with one attached hydrogen (secondary N) is 1. The Bertz CT molecular complexity index is 744. The first-order valence-electron chi connectivity index (χ1n) is 8.40. The number of nitrogens with zero attached hydrogens (tertiary/aromatic N) is 1. The lowest BCUT2D eigenvalue weighted by Crippen LogP contribution is -2.16. The van der Waals surface area contributed by atoms with Gasteiger partial charge in [0.2, 0.25) is 0 Å². The van der Waals surface area contributed by atoms with Gasteiger partial charge in [0.25, 0.3) is 0 Å². The van der Waals surface area contributed by atoms with Gasteiger partial charge in [-0.05, 0) is 56.3 Å². The highest BCUT2D eigenvalue weighted by atomic mass is 35.5. The predicted octanol–water partition coefficient (Wildman–Crippen LogP) is 4.04. The van der Waals surface area contributed by atoms with Crippen LogP contribution in [0.3, 0.4) is 0 Å². The Kier molecular flexibility index (Phi) is 4.12. The van der Waals surface area contributed by atoms with Crippen LogP contribution in [0.15, 0.2) is 12.1 Å². The van der Waals surface area contributed by atoms with Crippen molar-refractivity contribution in [3.05, 3.63) is 34.2 Å². The van der Waals surface area contributed by atoms with Crippen LogP contribution in [-0.2, 0) is 12.8 Å². The second-order valence-electron chi connectivity index (χ2n) is 6.43. The molecule has 1 aromatic heterocycles. The summed E-state index contributed by atoms with van der Waals surface area (Å²) in [6.45, 7) is 1.83. The van der Waals surface area contributed by atoms with Crippen molar-refractivity contribution in [2.45, 2.75) is 44.6 Å². The van der Waals surface area contributed by atoms with Gasteiger partial charge in [-0.25, -0.2) is 4.39 Å². The predicted molar refractivity (Wildman–Crippen MR) is 89.9 cm³/mol. The van der Waals surface area contributed by atoms with Crippen LogP contribution in [0.4, 0.5) is 4.39 Å². The van der Waals surface area contributed by atoms with Gasteiger partial charge < -0.3 is 10.1 Å². The zero-order chi connectivity index (χ0) is 15.8. The number of benzene rings is 1. The molecule has 2 aliphatic rings. The second kappa shape index (κ2) is 6.25. The van der Waals surface area contributed by atoms with E-state index in [0.717, 1.165) is 57.3 Å². The minimum Gasteiger partial charge on any atom is -0.487 e. The van der Waals surface area contributed by atoms with Gasteiger partial charge in [-0.3, -0.25) is 4.98 Å². The Balaban J connectivity index is 1.85. The maximum absolute atomic E-state index is 14.5. The highest BCUT2D eigenvalue weighted by molar-refractivity contribution is 6.35. The third-order valence-electron chi connectivity index (χ3n) is 4.83. The first-order valence-corrected chi connectivity index (χ1v) is 8.78. The average molecular weight is 335 g/mol. The second-order valence-corrected chi connectivity index (χ2v) is 6.84. The monoisotopic (exact) mass is 334 g/mol. The summed E-state index contributed by atoms with van der Waals surface area (Å²) in [7, 11) is 0. The molecule has 4 rings (SSSR count). The van der Waals surface area contributed by atoms with Gasteiger partial charge in [0.1, 0.15) is 0 Å². The van der Waals surface area contributed by atoms with E-state index in [0.29, 0.717) is 21.7 Å². The smallest absolute Gasteiger partial charge is 0.167 e. The van der Waals surface area contributed by atoms with Gasteiger partial charge >= 0.3 is 0 Å². The number of rotatable bonds is 2. The molecule has 1 aliphatic carbocycles. The molecular formula is C18H20ClFN2O. The molecule has 0 amide bonds. The molecule has 1 fully saturated rings. The van der Waals surface area contributed by atoms with Crippen molar-refractivity contribution < 1.29 is 9.13 Å². The Morgan fingerprint density at radius 1 is 1.17 bits per heavy atom. The molecule has 0 bridgehead atoms. The number of aromatic nitrogens is 1. The maximum Gasteiger partial charge on any atom is 0.167 e. The van der Waals surface area contributed by atoms with Crippen molar-refractivity contribution in [2.24, 2.45) is 0 Å².